The maximum atomic E-state index is 12.7. The highest BCUT2D eigenvalue weighted by atomic mass is 19.4. The van der Waals surface area contributed by atoms with Crippen LogP contribution in [0.15, 0.2) is 48.5 Å². The molecule has 0 atom stereocenters. The monoisotopic (exact) mass is 365 g/mol. The van der Waals surface area contributed by atoms with Gasteiger partial charge in [-0.2, -0.15) is 13.2 Å². The molecule has 0 saturated heterocycles. The summed E-state index contributed by atoms with van der Waals surface area (Å²) in [4.78, 5) is 23.8. The number of carbonyl (C=O) groups is 2. The molecule has 0 saturated carbocycles. The number of alkyl halides is 3. The fourth-order valence-electron chi connectivity index (χ4n) is 2.19. The maximum Gasteiger partial charge on any atom is 0.416 e. The van der Waals surface area contributed by atoms with Gasteiger partial charge in [-0.3, -0.25) is 9.59 Å². The van der Waals surface area contributed by atoms with Crippen LogP contribution in [0, 0.1) is 0 Å². The number of amides is 2. The van der Waals surface area contributed by atoms with Gasteiger partial charge in [0.05, 0.1) is 12.1 Å². The predicted molar refractivity (Wildman–Crippen MR) is 93.0 cm³/mol. The van der Waals surface area contributed by atoms with Crippen molar-refractivity contribution in [2.24, 2.45) is 0 Å². The Hall–Kier alpha value is -3.03. The zero-order chi connectivity index (χ0) is 19.2. The molecule has 0 heterocycles. The normalized spacial score (nSPS) is 10.9. The number of nitrogens with one attached hydrogen (secondary N) is 3. The van der Waals surface area contributed by atoms with E-state index in [1.807, 2.05) is 0 Å². The Morgan fingerprint density at radius 2 is 1.69 bits per heavy atom. The van der Waals surface area contributed by atoms with E-state index >= 15 is 0 Å². The summed E-state index contributed by atoms with van der Waals surface area (Å²) in [7, 11) is 0. The second-order valence-electron chi connectivity index (χ2n) is 5.42. The molecule has 2 aromatic carbocycles. The second kappa shape index (κ2) is 8.37. The number of rotatable bonds is 6. The molecule has 0 radical (unpaired) electrons. The van der Waals surface area contributed by atoms with Crippen LogP contribution in [0.5, 0.6) is 0 Å². The molecule has 26 heavy (non-hydrogen) atoms. The van der Waals surface area contributed by atoms with Gasteiger partial charge in [-0.15, -0.1) is 0 Å². The average molecular weight is 365 g/mol. The first-order valence-electron chi connectivity index (χ1n) is 7.89. The van der Waals surface area contributed by atoms with Crippen molar-refractivity contribution in [3.63, 3.8) is 0 Å². The van der Waals surface area contributed by atoms with Gasteiger partial charge in [0.25, 0.3) is 5.91 Å². The summed E-state index contributed by atoms with van der Waals surface area (Å²) in [5.74, 6) is -0.707. The number of benzene rings is 2. The summed E-state index contributed by atoms with van der Waals surface area (Å²) in [6, 6.07) is 11.0. The van der Waals surface area contributed by atoms with Crippen molar-refractivity contribution in [1.82, 2.24) is 5.32 Å². The van der Waals surface area contributed by atoms with Crippen LogP contribution in [-0.2, 0) is 11.0 Å². The third-order valence-corrected chi connectivity index (χ3v) is 3.39. The molecule has 0 aromatic heterocycles. The quantitative estimate of drug-likeness (QED) is 0.734. The lowest BCUT2D eigenvalue weighted by molar-refractivity contribution is -0.137. The second-order valence-corrected chi connectivity index (χ2v) is 5.42. The Morgan fingerprint density at radius 1 is 1.00 bits per heavy atom. The molecule has 0 aliphatic rings. The van der Waals surface area contributed by atoms with E-state index in [1.165, 1.54) is 18.2 Å². The van der Waals surface area contributed by atoms with Crippen LogP contribution in [0.4, 0.5) is 24.5 Å². The van der Waals surface area contributed by atoms with Gasteiger partial charge in [0.1, 0.15) is 0 Å². The number of carbonyl (C=O) groups excluding carboxylic acids is 2. The van der Waals surface area contributed by atoms with E-state index in [0.29, 0.717) is 17.8 Å². The highest BCUT2D eigenvalue weighted by Gasteiger charge is 2.30. The maximum absolute atomic E-state index is 12.7. The molecule has 2 amide bonds. The summed E-state index contributed by atoms with van der Waals surface area (Å²) < 4.78 is 38.0. The van der Waals surface area contributed by atoms with Crippen molar-refractivity contribution in [2.75, 3.05) is 23.7 Å². The summed E-state index contributed by atoms with van der Waals surface area (Å²) in [5.41, 5.74) is 0.212. The van der Waals surface area contributed by atoms with Crippen LogP contribution >= 0.6 is 0 Å². The minimum atomic E-state index is -4.44. The van der Waals surface area contributed by atoms with Crippen molar-refractivity contribution < 1.29 is 22.8 Å². The van der Waals surface area contributed by atoms with Crippen LogP contribution in [-0.4, -0.2) is 24.9 Å². The lowest BCUT2D eigenvalue weighted by atomic mass is 10.2. The van der Waals surface area contributed by atoms with Gasteiger partial charge >= 0.3 is 6.18 Å². The summed E-state index contributed by atoms with van der Waals surface area (Å²) in [6.45, 7) is 2.06. The Balaban J connectivity index is 1.95. The lowest BCUT2D eigenvalue weighted by Crippen LogP contribution is -2.24. The molecule has 0 spiro atoms. The molecule has 2 rings (SSSR count). The summed E-state index contributed by atoms with van der Waals surface area (Å²) in [5, 5.41) is 7.88. The fraction of sp³-hybridized carbons (Fsp3) is 0.222. The van der Waals surface area contributed by atoms with Gasteiger partial charge in [-0.05, 0) is 43.3 Å². The molecule has 3 N–H and O–H groups in total. The van der Waals surface area contributed by atoms with E-state index in [4.69, 9.17) is 0 Å². The smallest absolute Gasteiger partial charge is 0.376 e. The fourth-order valence-corrected chi connectivity index (χ4v) is 2.19. The minimum absolute atomic E-state index is 0.186. The molecule has 8 heteroatoms. The molecule has 0 fully saturated rings. The molecular weight excluding hydrogens is 347 g/mol. The molecule has 5 nitrogen and oxygen atoms in total. The molecule has 2 aromatic rings. The van der Waals surface area contributed by atoms with Crippen molar-refractivity contribution in [1.29, 1.82) is 0 Å². The van der Waals surface area contributed by atoms with Crippen molar-refractivity contribution in [3.8, 4) is 0 Å². The van der Waals surface area contributed by atoms with E-state index in [9.17, 15) is 22.8 Å². The summed E-state index contributed by atoms with van der Waals surface area (Å²) >= 11 is 0. The zero-order valence-electron chi connectivity index (χ0n) is 14.0. The van der Waals surface area contributed by atoms with Crippen molar-refractivity contribution >= 4 is 23.2 Å². The standard InChI is InChI=1S/C18H18F3N3O2/c1-2-22-17(26)12-5-3-8-15(9-12)24-16(25)11-23-14-7-4-6-13(10-14)18(19,20)21/h3-10,23H,2,11H2,1H3,(H,22,26)(H,24,25). The zero-order valence-corrected chi connectivity index (χ0v) is 14.0. The SMILES string of the molecule is CCNC(=O)c1cccc(NC(=O)CNc2cccc(C(F)(F)F)c2)c1. The predicted octanol–water partition coefficient (Wildman–Crippen LogP) is 3.51. The lowest BCUT2D eigenvalue weighted by Gasteiger charge is -2.11. The summed E-state index contributed by atoms with van der Waals surface area (Å²) in [6.07, 6.45) is -4.44. The Morgan fingerprint density at radius 3 is 2.38 bits per heavy atom. The molecule has 138 valence electrons. The first-order chi connectivity index (χ1) is 12.3. The van der Waals surface area contributed by atoms with Crippen LogP contribution in [0.25, 0.3) is 0 Å². The van der Waals surface area contributed by atoms with Gasteiger partial charge in [0.15, 0.2) is 0 Å². The first kappa shape index (κ1) is 19.3. The number of halogens is 3. The Kier molecular flexibility index (Phi) is 6.21. The van der Waals surface area contributed by atoms with Gasteiger partial charge in [0.2, 0.25) is 5.91 Å². The first-order valence-corrected chi connectivity index (χ1v) is 7.89. The van der Waals surface area contributed by atoms with Crippen molar-refractivity contribution in [2.45, 2.75) is 13.1 Å². The molecule has 0 unspecified atom stereocenters. The van der Waals surface area contributed by atoms with E-state index in [0.717, 1.165) is 12.1 Å². The van der Waals surface area contributed by atoms with Crippen LogP contribution in [0.3, 0.4) is 0 Å². The van der Waals surface area contributed by atoms with Crippen molar-refractivity contribution in [3.05, 3.63) is 59.7 Å². The molecule has 0 bridgehead atoms. The molecule has 0 aliphatic carbocycles. The highest BCUT2D eigenvalue weighted by Crippen LogP contribution is 2.30. The number of hydrogen-bond acceptors (Lipinski definition) is 3. The van der Waals surface area contributed by atoms with Crippen LogP contribution < -0.4 is 16.0 Å². The third kappa shape index (κ3) is 5.51. The van der Waals surface area contributed by atoms with E-state index in [-0.39, 0.29) is 18.1 Å². The van der Waals surface area contributed by atoms with Crippen LogP contribution in [0.1, 0.15) is 22.8 Å². The molecule has 0 aliphatic heterocycles. The van der Waals surface area contributed by atoms with Gasteiger partial charge < -0.3 is 16.0 Å². The van der Waals surface area contributed by atoms with Gasteiger partial charge in [-0.25, -0.2) is 0 Å². The third-order valence-electron chi connectivity index (χ3n) is 3.39. The van der Waals surface area contributed by atoms with E-state index in [2.05, 4.69) is 16.0 Å². The van der Waals surface area contributed by atoms with Gasteiger partial charge in [-0.1, -0.05) is 12.1 Å². The highest BCUT2D eigenvalue weighted by molar-refractivity contribution is 5.98. The Bertz CT molecular complexity index is 791. The van der Waals surface area contributed by atoms with E-state index in [1.54, 1.807) is 25.1 Å². The average Bonchev–Trinajstić information content (AvgIpc) is 2.60. The topological polar surface area (TPSA) is 70.2 Å². The largest absolute Gasteiger partial charge is 0.416 e. The Labute approximate surface area is 148 Å². The molecular formula is C18H18F3N3O2. The van der Waals surface area contributed by atoms with E-state index < -0.39 is 17.6 Å². The van der Waals surface area contributed by atoms with Crippen LogP contribution in [0.2, 0.25) is 0 Å². The number of anilines is 2. The van der Waals surface area contributed by atoms with Gasteiger partial charge in [0, 0.05) is 23.5 Å². The minimum Gasteiger partial charge on any atom is -0.376 e. The number of hydrogen-bond donors (Lipinski definition) is 3.